The number of hydrogen-bond donors (Lipinski definition) is 1. The lowest BCUT2D eigenvalue weighted by Gasteiger charge is -2.37. The van der Waals surface area contributed by atoms with Crippen LogP contribution in [0.15, 0.2) is 48.5 Å². The van der Waals surface area contributed by atoms with E-state index >= 15 is 0 Å². The maximum Gasteiger partial charge on any atom is 0.416 e. The predicted molar refractivity (Wildman–Crippen MR) is 134 cm³/mol. The molecule has 1 aliphatic heterocycles. The van der Waals surface area contributed by atoms with Gasteiger partial charge in [0, 0.05) is 18.4 Å². The molecule has 0 spiro atoms. The first-order chi connectivity index (χ1) is 17.9. The molecule has 1 aliphatic rings. The Bertz CT molecular complexity index is 1190. The number of carbonyl (C=O) groups is 2. The summed E-state index contributed by atoms with van der Waals surface area (Å²) in [4.78, 5) is 26.0. The van der Waals surface area contributed by atoms with E-state index in [1.54, 1.807) is 0 Å². The van der Waals surface area contributed by atoms with Crippen LogP contribution in [0.5, 0.6) is 0 Å². The maximum absolute atomic E-state index is 13.7. The summed E-state index contributed by atoms with van der Waals surface area (Å²) in [6, 6.07) is 13.4. The van der Waals surface area contributed by atoms with Crippen molar-refractivity contribution < 1.29 is 31.6 Å². The number of hydrogen-bond acceptors (Lipinski definition) is 3. The van der Waals surface area contributed by atoms with Gasteiger partial charge in [0.05, 0.1) is 30.0 Å². The van der Waals surface area contributed by atoms with Crippen LogP contribution in [0.2, 0.25) is 0 Å². The summed E-state index contributed by atoms with van der Waals surface area (Å²) in [6.07, 6.45) is -2.58. The number of nitriles is 1. The van der Waals surface area contributed by atoms with Gasteiger partial charge in [-0.05, 0) is 42.5 Å². The molecule has 0 bridgehead atoms. The first kappa shape index (κ1) is 29.3. The van der Waals surface area contributed by atoms with Crippen LogP contribution < -0.4 is 5.73 Å². The summed E-state index contributed by atoms with van der Waals surface area (Å²) in [5.74, 6) is -2.12. The minimum Gasteiger partial charge on any atom is -0.364 e. The highest BCUT2D eigenvalue weighted by molar-refractivity contribution is 5.82. The van der Waals surface area contributed by atoms with Gasteiger partial charge in [-0.1, -0.05) is 50.6 Å². The van der Waals surface area contributed by atoms with Gasteiger partial charge in [-0.15, -0.1) is 0 Å². The van der Waals surface area contributed by atoms with E-state index in [0.29, 0.717) is 38.2 Å². The molecule has 9 heteroatoms. The molecule has 2 aromatic rings. The Morgan fingerprint density at radius 2 is 1.82 bits per heavy atom. The number of likely N-dealkylation sites (tertiary alicyclic amines) is 1. The highest BCUT2D eigenvalue weighted by Gasteiger charge is 2.51. The molecular weight excluding hydrogens is 498 g/mol. The Kier molecular flexibility index (Phi) is 8.98. The fourth-order valence-corrected chi connectivity index (χ4v) is 5.84. The monoisotopic (exact) mass is 532 g/mol. The zero-order valence-electron chi connectivity index (χ0n) is 21.7. The first-order valence-electron chi connectivity index (χ1n) is 12.9. The summed E-state index contributed by atoms with van der Waals surface area (Å²) in [5, 5.41) is 10.1. The minimum atomic E-state index is -4.82. The fourth-order valence-electron chi connectivity index (χ4n) is 5.84. The van der Waals surface area contributed by atoms with E-state index in [0.717, 1.165) is 17.7 Å². The highest BCUT2D eigenvalue weighted by atomic mass is 19.4. The highest BCUT2D eigenvalue weighted by Crippen LogP contribution is 2.39. The third-order valence-electron chi connectivity index (χ3n) is 7.97. The molecule has 0 aromatic heterocycles. The number of nitrogens with two attached hydrogens (primary N) is 1. The Morgan fingerprint density at radius 3 is 2.39 bits per heavy atom. The van der Waals surface area contributed by atoms with E-state index in [2.05, 4.69) is 6.07 Å². The molecule has 1 unspecified atom stereocenters. The van der Waals surface area contributed by atoms with Crippen molar-refractivity contribution >= 4 is 11.8 Å². The van der Waals surface area contributed by atoms with Crippen LogP contribution in [0, 0.1) is 23.1 Å². The van der Waals surface area contributed by atoms with Crippen molar-refractivity contribution in [2.75, 3.05) is 6.54 Å². The standard InChI is InChI=1S/C29H33F4N3O2/c1-20(2)28(19-34,22-9-4-3-5-10-22)15-7-6-12-26(37)36(16-8-11-25(36)27(35)38)18-21-13-14-23(30)17-24(21)29(31,32)33/h3-5,9-10,13-14,17,20,25H,6-8,11-12,15-16,18H2,1-2H3,(H-,35,38)/p+1/t25?,28-,36+/m0/s1. The third-order valence-corrected chi connectivity index (χ3v) is 7.97. The van der Waals surface area contributed by atoms with E-state index in [-0.39, 0.29) is 36.9 Å². The number of quaternary nitrogens is 1. The maximum atomic E-state index is 13.7. The topological polar surface area (TPSA) is 83.9 Å². The lowest BCUT2D eigenvalue weighted by molar-refractivity contribution is -0.871. The van der Waals surface area contributed by atoms with Crippen LogP contribution in [0.25, 0.3) is 0 Å². The zero-order valence-corrected chi connectivity index (χ0v) is 21.7. The summed E-state index contributed by atoms with van der Waals surface area (Å²) < 4.78 is 54.3. The number of amides is 2. The van der Waals surface area contributed by atoms with Gasteiger partial charge in [-0.2, -0.15) is 18.4 Å². The number of carbonyl (C=O) groups excluding carboxylic acids is 2. The van der Waals surface area contributed by atoms with Gasteiger partial charge in [0.1, 0.15) is 12.4 Å². The van der Waals surface area contributed by atoms with Crippen molar-refractivity contribution in [1.29, 1.82) is 5.26 Å². The number of primary amides is 1. The van der Waals surface area contributed by atoms with Crippen LogP contribution in [0.4, 0.5) is 17.6 Å². The second kappa shape index (κ2) is 11.6. The molecule has 204 valence electrons. The lowest BCUT2D eigenvalue weighted by atomic mass is 9.69. The summed E-state index contributed by atoms with van der Waals surface area (Å²) in [5.41, 5.74) is 4.38. The van der Waals surface area contributed by atoms with Gasteiger partial charge < -0.3 is 5.73 Å². The SMILES string of the molecule is CC(C)[C@@](C#N)(CCCCC(=O)[N@@+]1(Cc2ccc(F)cc2C(F)(F)F)CCCC1C(N)=O)c1ccccc1. The third kappa shape index (κ3) is 5.91. The lowest BCUT2D eigenvalue weighted by Crippen LogP contribution is -2.59. The number of nitrogens with zero attached hydrogens (tertiary/aromatic N) is 2. The molecule has 1 heterocycles. The molecule has 1 fully saturated rings. The smallest absolute Gasteiger partial charge is 0.364 e. The Balaban J connectivity index is 1.83. The molecule has 0 aliphatic carbocycles. The van der Waals surface area contributed by atoms with E-state index in [1.807, 2.05) is 44.2 Å². The van der Waals surface area contributed by atoms with Crippen molar-refractivity contribution in [1.82, 2.24) is 0 Å². The van der Waals surface area contributed by atoms with E-state index in [4.69, 9.17) is 5.73 Å². The molecule has 5 nitrogen and oxygen atoms in total. The van der Waals surface area contributed by atoms with Crippen LogP contribution in [-0.2, 0) is 27.7 Å². The van der Waals surface area contributed by atoms with E-state index in [9.17, 15) is 32.4 Å². The summed E-state index contributed by atoms with van der Waals surface area (Å²) >= 11 is 0. The molecular formula is C29H34F4N3O2+. The van der Waals surface area contributed by atoms with Crippen LogP contribution >= 0.6 is 0 Å². The molecule has 0 radical (unpaired) electrons. The second-order valence-electron chi connectivity index (χ2n) is 10.5. The van der Waals surface area contributed by atoms with E-state index in [1.165, 1.54) is 0 Å². The van der Waals surface area contributed by atoms with Gasteiger partial charge in [-0.3, -0.25) is 4.79 Å². The molecule has 38 heavy (non-hydrogen) atoms. The number of halogens is 4. The Labute approximate surface area is 220 Å². The van der Waals surface area contributed by atoms with Crippen molar-refractivity contribution in [3.8, 4) is 6.07 Å². The number of unbranched alkanes of at least 4 members (excludes halogenated alkanes) is 1. The predicted octanol–water partition coefficient (Wildman–Crippen LogP) is 6.01. The van der Waals surface area contributed by atoms with Crippen LogP contribution in [0.1, 0.15) is 69.1 Å². The fraction of sp³-hybridized carbons (Fsp3) is 0.483. The van der Waals surface area contributed by atoms with Crippen LogP contribution in [-0.4, -0.2) is 28.9 Å². The Morgan fingerprint density at radius 1 is 1.13 bits per heavy atom. The normalized spacial score (nSPS) is 21.2. The molecule has 1 saturated heterocycles. The number of rotatable bonds is 10. The van der Waals surface area contributed by atoms with Crippen molar-refractivity contribution in [2.45, 2.75) is 76.6 Å². The van der Waals surface area contributed by atoms with E-state index < -0.39 is 39.4 Å². The van der Waals surface area contributed by atoms with Gasteiger partial charge in [0.25, 0.3) is 5.91 Å². The minimum absolute atomic E-state index is 0.0149. The molecule has 3 rings (SSSR count). The summed E-state index contributed by atoms with van der Waals surface area (Å²) in [7, 11) is 0. The molecule has 2 aromatic carbocycles. The molecule has 0 saturated carbocycles. The molecule has 2 N–H and O–H groups in total. The van der Waals surface area contributed by atoms with Crippen molar-refractivity contribution in [3.63, 3.8) is 0 Å². The van der Waals surface area contributed by atoms with Gasteiger partial charge >= 0.3 is 12.1 Å². The number of alkyl halides is 3. The molecule has 3 atom stereocenters. The van der Waals surface area contributed by atoms with Gasteiger partial charge in [0.2, 0.25) is 0 Å². The largest absolute Gasteiger partial charge is 0.416 e. The zero-order chi connectivity index (χ0) is 28.1. The van der Waals surface area contributed by atoms with Gasteiger partial charge in [0.15, 0.2) is 6.04 Å². The average molecular weight is 533 g/mol. The van der Waals surface area contributed by atoms with Gasteiger partial charge in [-0.25, -0.2) is 13.7 Å². The molecule has 2 amide bonds. The van der Waals surface area contributed by atoms with Crippen molar-refractivity contribution in [2.24, 2.45) is 11.7 Å². The van der Waals surface area contributed by atoms with Crippen LogP contribution in [0.3, 0.4) is 0 Å². The van der Waals surface area contributed by atoms with Crippen molar-refractivity contribution in [3.05, 3.63) is 71.0 Å². The Hall–Kier alpha value is -3.25. The average Bonchev–Trinajstić information content (AvgIpc) is 3.30. The quantitative estimate of drug-likeness (QED) is 0.231. The first-order valence-corrected chi connectivity index (χ1v) is 12.9. The summed E-state index contributed by atoms with van der Waals surface area (Å²) in [6.45, 7) is 3.74. The second-order valence-corrected chi connectivity index (χ2v) is 10.5. The number of benzene rings is 2.